The third-order valence-corrected chi connectivity index (χ3v) is 2.20. The number of alkyl halides is 1. The summed E-state index contributed by atoms with van der Waals surface area (Å²) in [6, 6.07) is 1.46. The van der Waals surface area contributed by atoms with Crippen molar-refractivity contribution in [1.29, 1.82) is 0 Å². The third-order valence-electron chi connectivity index (χ3n) is 1.60. The lowest BCUT2D eigenvalue weighted by Gasteiger charge is -2.04. The van der Waals surface area contributed by atoms with Crippen LogP contribution in [0, 0.1) is 0 Å². The van der Waals surface area contributed by atoms with Crippen LogP contribution >= 0.6 is 15.9 Å². The van der Waals surface area contributed by atoms with E-state index < -0.39 is 17.6 Å². The van der Waals surface area contributed by atoms with Crippen LogP contribution in [0.4, 0.5) is 0 Å². The maximum Gasteiger partial charge on any atom is 0.355 e. The van der Waals surface area contributed by atoms with Crippen LogP contribution in [-0.4, -0.2) is 27.1 Å². The average molecular weight is 260 g/mol. The number of hydrogen-bond acceptors (Lipinski definition) is 3. The van der Waals surface area contributed by atoms with Gasteiger partial charge in [0.05, 0.1) is 5.56 Å². The number of nitrogens with zero attached hydrogens (tertiary/aromatic N) is 1. The topological polar surface area (TPSA) is 87.5 Å². The number of hydrogen-bond donors (Lipinski definition) is 2. The van der Waals surface area contributed by atoms with Gasteiger partial charge in [-0.2, -0.15) is 0 Å². The van der Waals surface area contributed by atoms with E-state index in [0.717, 1.165) is 0 Å². The summed E-state index contributed by atoms with van der Waals surface area (Å²) in [7, 11) is 0. The van der Waals surface area contributed by atoms with Gasteiger partial charge in [0.25, 0.3) is 0 Å². The van der Waals surface area contributed by atoms with Gasteiger partial charge in [-0.3, -0.25) is 0 Å². The number of aromatic carboxylic acids is 2. The Kier molecular flexibility index (Phi) is 3.19. The second kappa shape index (κ2) is 4.19. The van der Waals surface area contributed by atoms with Gasteiger partial charge in [-0.15, -0.1) is 0 Å². The standard InChI is InChI=1S/C8H6BrNO4/c9-3-4-1-2-10-6(8(13)14)5(4)7(11)12/h1-2H,3H2,(H,11,12)(H,13,14). The van der Waals surface area contributed by atoms with Crippen LogP contribution < -0.4 is 0 Å². The molecule has 74 valence electrons. The van der Waals surface area contributed by atoms with Crippen LogP contribution in [-0.2, 0) is 5.33 Å². The zero-order valence-electron chi connectivity index (χ0n) is 6.90. The van der Waals surface area contributed by atoms with E-state index in [9.17, 15) is 9.59 Å². The summed E-state index contributed by atoms with van der Waals surface area (Å²) in [6.07, 6.45) is 1.27. The third kappa shape index (κ3) is 1.90. The first-order valence-electron chi connectivity index (χ1n) is 3.58. The number of carboxylic acid groups (broad SMARTS) is 2. The molecule has 0 atom stereocenters. The van der Waals surface area contributed by atoms with Crippen LogP contribution in [0.15, 0.2) is 12.3 Å². The average Bonchev–Trinajstić information content (AvgIpc) is 2.16. The largest absolute Gasteiger partial charge is 0.478 e. The maximum absolute atomic E-state index is 10.8. The predicted octanol–water partition coefficient (Wildman–Crippen LogP) is 1.37. The van der Waals surface area contributed by atoms with Gasteiger partial charge < -0.3 is 10.2 Å². The van der Waals surface area contributed by atoms with E-state index in [0.29, 0.717) is 5.56 Å². The minimum atomic E-state index is -1.34. The molecule has 1 aromatic heterocycles. The number of rotatable bonds is 3. The highest BCUT2D eigenvalue weighted by Crippen LogP contribution is 2.15. The summed E-state index contributed by atoms with van der Waals surface area (Å²) >= 11 is 3.08. The highest BCUT2D eigenvalue weighted by Gasteiger charge is 2.20. The molecule has 0 fully saturated rings. The van der Waals surface area contributed by atoms with E-state index in [-0.39, 0.29) is 10.9 Å². The van der Waals surface area contributed by atoms with Crippen LogP contribution in [0.5, 0.6) is 0 Å². The second-order valence-electron chi connectivity index (χ2n) is 2.44. The first-order valence-corrected chi connectivity index (χ1v) is 4.70. The molecule has 1 aromatic rings. The highest BCUT2D eigenvalue weighted by molar-refractivity contribution is 9.08. The van der Waals surface area contributed by atoms with Crippen molar-refractivity contribution in [3.05, 3.63) is 29.1 Å². The van der Waals surface area contributed by atoms with Crippen molar-refractivity contribution in [2.75, 3.05) is 0 Å². The molecular weight excluding hydrogens is 254 g/mol. The molecule has 1 heterocycles. The molecule has 0 saturated heterocycles. The minimum Gasteiger partial charge on any atom is -0.478 e. The van der Waals surface area contributed by atoms with Crippen molar-refractivity contribution in [2.24, 2.45) is 0 Å². The second-order valence-corrected chi connectivity index (χ2v) is 3.00. The number of carboxylic acids is 2. The van der Waals surface area contributed by atoms with E-state index in [1.165, 1.54) is 12.3 Å². The first-order chi connectivity index (χ1) is 6.57. The van der Waals surface area contributed by atoms with Crippen molar-refractivity contribution in [3.8, 4) is 0 Å². The number of halogens is 1. The fourth-order valence-corrected chi connectivity index (χ4v) is 1.48. The highest BCUT2D eigenvalue weighted by atomic mass is 79.9. The lowest BCUT2D eigenvalue weighted by Crippen LogP contribution is -2.12. The molecule has 0 radical (unpaired) electrons. The molecule has 0 spiro atoms. The minimum absolute atomic E-state index is 0.267. The predicted molar refractivity (Wildman–Crippen MR) is 50.8 cm³/mol. The molecule has 0 bridgehead atoms. The van der Waals surface area contributed by atoms with E-state index >= 15 is 0 Å². The summed E-state index contributed by atoms with van der Waals surface area (Å²) < 4.78 is 0. The van der Waals surface area contributed by atoms with E-state index in [1.807, 2.05) is 0 Å². The number of aromatic nitrogens is 1. The molecule has 0 unspecified atom stereocenters. The van der Waals surface area contributed by atoms with Gasteiger partial charge in [-0.1, -0.05) is 15.9 Å². The molecule has 5 nitrogen and oxygen atoms in total. The fraction of sp³-hybridized carbons (Fsp3) is 0.125. The summed E-state index contributed by atoms with van der Waals surface area (Å²) in [5.74, 6) is -2.63. The van der Waals surface area contributed by atoms with Crippen molar-refractivity contribution >= 4 is 27.9 Å². The molecule has 0 aromatic carbocycles. The van der Waals surface area contributed by atoms with Gasteiger partial charge >= 0.3 is 11.9 Å². The molecule has 14 heavy (non-hydrogen) atoms. The summed E-state index contributed by atoms with van der Waals surface area (Å²) in [5, 5.41) is 17.8. The van der Waals surface area contributed by atoms with Crippen LogP contribution in [0.25, 0.3) is 0 Å². The lowest BCUT2D eigenvalue weighted by atomic mass is 10.1. The first kappa shape index (κ1) is 10.6. The van der Waals surface area contributed by atoms with Gasteiger partial charge in [-0.25, -0.2) is 14.6 Å². The Morgan fingerprint density at radius 1 is 1.36 bits per heavy atom. The Morgan fingerprint density at radius 3 is 2.43 bits per heavy atom. The SMILES string of the molecule is O=C(O)c1nccc(CBr)c1C(=O)O. The molecule has 6 heteroatoms. The van der Waals surface area contributed by atoms with Gasteiger partial charge in [0, 0.05) is 11.5 Å². The van der Waals surface area contributed by atoms with Crippen molar-refractivity contribution in [1.82, 2.24) is 4.98 Å². The van der Waals surface area contributed by atoms with Gasteiger partial charge in [0.15, 0.2) is 5.69 Å². The molecule has 1 rings (SSSR count). The monoisotopic (exact) mass is 259 g/mol. The molecule has 0 aliphatic carbocycles. The Balaban J connectivity index is 3.43. The molecular formula is C8H6BrNO4. The molecule has 2 N–H and O–H groups in total. The Hall–Kier alpha value is -1.43. The van der Waals surface area contributed by atoms with Gasteiger partial charge in [0.2, 0.25) is 0 Å². The molecule has 0 aliphatic heterocycles. The van der Waals surface area contributed by atoms with Gasteiger partial charge in [0.1, 0.15) is 0 Å². The van der Waals surface area contributed by atoms with Crippen molar-refractivity contribution in [3.63, 3.8) is 0 Å². The zero-order valence-corrected chi connectivity index (χ0v) is 8.48. The Morgan fingerprint density at radius 2 is 2.00 bits per heavy atom. The molecule has 0 amide bonds. The summed E-state index contributed by atoms with van der Waals surface area (Å²) in [5.41, 5.74) is -0.309. The normalized spacial score (nSPS) is 9.79. The van der Waals surface area contributed by atoms with Crippen LogP contribution in [0.1, 0.15) is 26.4 Å². The van der Waals surface area contributed by atoms with E-state index in [2.05, 4.69) is 20.9 Å². The summed E-state index contributed by atoms with van der Waals surface area (Å²) in [6.45, 7) is 0. The molecule has 0 saturated carbocycles. The van der Waals surface area contributed by atoms with E-state index in [1.54, 1.807) is 0 Å². The fourth-order valence-electron chi connectivity index (χ4n) is 1.01. The Labute approximate surface area is 87.5 Å². The smallest absolute Gasteiger partial charge is 0.355 e. The Bertz CT molecular complexity index is 391. The number of pyridine rings is 1. The molecule has 0 aliphatic rings. The quantitative estimate of drug-likeness (QED) is 0.801. The number of carbonyl (C=O) groups is 2. The van der Waals surface area contributed by atoms with Gasteiger partial charge in [-0.05, 0) is 11.6 Å². The zero-order chi connectivity index (χ0) is 10.7. The van der Waals surface area contributed by atoms with Crippen molar-refractivity contribution in [2.45, 2.75) is 5.33 Å². The maximum atomic E-state index is 10.8. The van der Waals surface area contributed by atoms with Crippen LogP contribution in [0.3, 0.4) is 0 Å². The lowest BCUT2D eigenvalue weighted by molar-refractivity contribution is 0.0645. The summed E-state index contributed by atoms with van der Waals surface area (Å²) in [4.78, 5) is 24.9. The van der Waals surface area contributed by atoms with Crippen molar-refractivity contribution < 1.29 is 19.8 Å². The van der Waals surface area contributed by atoms with Crippen LogP contribution in [0.2, 0.25) is 0 Å². The van der Waals surface area contributed by atoms with E-state index in [4.69, 9.17) is 10.2 Å².